The number of carbonyl (C=O) groups is 6. The molecule has 3 aliphatic rings. The third-order valence-corrected chi connectivity index (χ3v) is 8.63. The van der Waals surface area contributed by atoms with Gasteiger partial charge in [0, 0.05) is 11.1 Å². The highest BCUT2D eigenvalue weighted by Gasteiger charge is 2.52. The SMILES string of the molecule is NC(=O)/C(=N\OCC1=CSC(N)N1CC(=O)OCC1C(=O)N2C(C(=O)O)=CCS[C@@H]12)c1csc(N)n1.O=C(O)C(F)(F)F.O=C(O)C(F)(F)F. The molecule has 3 aliphatic heterocycles. The van der Waals surface area contributed by atoms with Gasteiger partial charge in [0.2, 0.25) is 5.91 Å². The molecule has 276 valence electrons. The summed E-state index contributed by atoms with van der Waals surface area (Å²) >= 11 is 3.76. The molecule has 0 aliphatic carbocycles. The molecule has 0 radical (unpaired) electrons. The predicted octanol–water partition coefficient (Wildman–Crippen LogP) is 0.373. The van der Waals surface area contributed by atoms with Crippen LogP contribution in [0.2, 0.25) is 0 Å². The highest BCUT2D eigenvalue weighted by molar-refractivity contribution is 8.02. The smallest absolute Gasteiger partial charge is 0.477 e. The second-order valence-electron chi connectivity index (χ2n) is 9.13. The molecule has 0 aromatic carbocycles. The summed E-state index contributed by atoms with van der Waals surface area (Å²) in [5.41, 5.74) is 16.8. The van der Waals surface area contributed by atoms with Gasteiger partial charge in [0.1, 0.15) is 36.0 Å². The molecule has 1 aromatic heterocycles. The molecule has 0 saturated carbocycles. The number of rotatable bonds is 10. The van der Waals surface area contributed by atoms with Crippen molar-refractivity contribution < 1.29 is 80.0 Å². The molecule has 9 N–H and O–H groups in total. The summed E-state index contributed by atoms with van der Waals surface area (Å²) in [4.78, 5) is 77.6. The fourth-order valence-corrected chi connectivity index (χ4v) is 6.19. The Morgan fingerprint density at radius 2 is 1.64 bits per heavy atom. The van der Waals surface area contributed by atoms with E-state index in [0.717, 1.165) is 11.3 Å². The predicted molar refractivity (Wildman–Crippen MR) is 159 cm³/mol. The Labute approximate surface area is 286 Å². The first-order valence-corrected chi connectivity index (χ1v) is 15.6. The van der Waals surface area contributed by atoms with Gasteiger partial charge in [-0.05, 0) is 11.5 Å². The van der Waals surface area contributed by atoms with Gasteiger partial charge in [-0.25, -0.2) is 19.4 Å². The maximum Gasteiger partial charge on any atom is 0.490 e. The highest BCUT2D eigenvalue weighted by atomic mass is 32.2. The Bertz CT molecular complexity index is 1560. The van der Waals surface area contributed by atoms with Crippen molar-refractivity contribution in [3.8, 4) is 0 Å². The maximum atomic E-state index is 12.5. The van der Waals surface area contributed by atoms with Crippen molar-refractivity contribution in [2.45, 2.75) is 23.2 Å². The number of carboxylic acids is 3. The van der Waals surface area contributed by atoms with E-state index in [0.29, 0.717) is 11.4 Å². The van der Waals surface area contributed by atoms with Crippen LogP contribution in [-0.4, -0.2) is 120 Å². The molecule has 4 rings (SSSR count). The largest absolute Gasteiger partial charge is 0.490 e. The molecule has 4 heterocycles. The molecular formula is C23H23F6N7O11S3. The molecule has 1 aromatic rings. The minimum absolute atomic E-state index is 0.0541. The van der Waals surface area contributed by atoms with Crippen LogP contribution in [0.15, 0.2) is 33.4 Å². The number of halogens is 6. The Balaban J connectivity index is 0.000000521. The van der Waals surface area contributed by atoms with Crippen molar-refractivity contribution in [2.75, 3.05) is 31.2 Å². The standard InChI is InChI=1S/C19H21N7O7S3.2C2HF3O2/c20-14(28)13(10-7-35-18(21)23-10)24-33-4-8-6-36-19(22)25(8)3-12(27)32-5-9-15(29)26-11(17(30)31)1-2-34-16(9)26;2*3-2(4,5)1(6)7/h1,6-7,9,16,19H,2-5,22H2,(H2,20,28)(H2,21,23)(H,30,31);2*(H,6,7)/b24-13-;;/t9?,16-,19?;;/m0../s1. The number of aromatic nitrogens is 1. The molecule has 27 heteroatoms. The lowest BCUT2D eigenvalue weighted by atomic mass is 9.97. The Morgan fingerprint density at radius 3 is 2.12 bits per heavy atom. The average molecular weight is 784 g/mol. The van der Waals surface area contributed by atoms with Crippen LogP contribution >= 0.6 is 34.9 Å². The van der Waals surface area contributed by atoms with Crippen LogP contribution < -0.4 is 17.2 Å². The number of hydrogen-bond acceptors (Lipinski definition) is 16. The van der Waals surface area contributed by atoms with E-state index in [1.807, 2.05) is 0 Å². The van der Waals surface area contributed by atoms with Gasteiger partial charge in [-0.2, -0.15) is 26.3 Å². The van der Waals surface area contributed by atoms with Crippen LogP contribution in [-0.2, 0) is 38.3 Å². The molecule has 1 saturated heterocycles. The van der Waals surface area contributed by atoms with E-state index in [-0.39, 0.29) is 47.4 Å². The van der Waals surface area contributed by atoms with E-state index in [2.05, 4.69) is 10.1 Å². The number of fused-ring (bicyclic) bond motifs is 1. The summed E-state index contributed by atoms with van der Waals surface area (Å²) < 4.78 is 68.8. The number of oxime groups is 1. The van der Waals surface area contributed by atoms with Crippen LogP contribution in [0.25, 0.3) is 0 Å². The summed E-state index contributed by atoms with van der Waals surface area (Å²) in [6.07, 6.45) is -8.69. The van der Waals surface area contributed by atoms with Crippen LogP contribution in [0, 0.1) is 5.92 Å². The topological polar surface area (TPSA) is 291 Å². The zero-order valence-electron chi connectivity index (χ0n) is 24.4. The van der Waals surface area contributed by atoms with Crippen LogP contribution in [0.4, 0.5) is 31.5 Å². The van der Waals surface area contributed by atoms with Gasteiger partial charge in [0.15, 0.2) is 17.5 Å². The van der Waals surface area contributed by atoms with E-state index < -0.39 is 59.5 Å². The Hall–Kier alpha value is -4.76. The number of esters is 1. The zero-order chi connectivity index (χ0) is 38.1. The summed E-state index contributed by atoms with van der Waals surface area (Å²) in [6.45, 7) is -0.516. The molecule has 50 heavy (non-hydrogen) atoms. The summed E-state index contributed by atoms with van der Waals surface area (Å²) in [7, 11) is 0. The van der Waals surface area contributed by atoms with Gasteiger partial charge in [-0.3, -0.25) is 19.3 Å². The normalized spacial score (nSPS) is 20.0. The number of thiazole rings is 1. The van der Waals surface area contributed by atoms with Gasteiger partial charge in [0.25, 0.3) is 5.91 Å². The van der Waals surface area contributed by atoms with Gasteiger partial charge < -0.3 is 47.0 Å². The molecule has 3 atom stereocenters. The average Bonchev–Trinajstić information content (AvgIpc) is 3.58. The van der Waals surface area contributed by atoms with Crippen LogP contribution in [0.1, 0.15) is 5.69 Å². The Morgan fingerprint density at radius 1 is 1.06 bits per heavy atom. The highest BCUT2D eigenvalue weighted by Crippen LogP contribution is 2.41. The van der Waals surface area contributed by atoms with Gasteiger partial charge >= 0.3 is 36.2 Å². The van der Waals surface area contributed by atoms with E-state index in [4.69, 9.17) is 46.6 Å². The number of amides is 2. The van der Waals surface area contributed by atoms with Crippen molar-refractivity contribution >= 4 is 81.4 Å². The van der Waals surface area contributed by atoms with E-state index in [9.17, 15) is 50.6 Å². The van der Waals surface area contributed by atoms with Crippen molar-refractivity contribution in [1.82, 2.24) is 14.8 Å². The van der Waals surface area contributed by atoms with E-state index in [1.165, 1.54) is 44.8 Å². The summed E-state index contributed by atoms with van der Waals surface area (Å²) in [6, 6.07) is 0. The van der Waals surface area contributed by atoms with Gasteiger partial charge in [-0.15, -0.1) is 23.1 Å². The first-order valence-electron chi connectivity index (χ1n) is 12.8. The Kier molecular flexibility index (Phi) is 14.3. The zero-order valence-corrected chi connectivity index (χ0v) is 26.9. The number of thioether (sulfide) groups is 2. The summed E-state index contributed by atoms with van der Waals surface area (Å²) in [5, 5.41) is 30.3. The molecule has 0 spiro atoms. The van der Waals surface area contributed by atoms with E-state index >= 15 is 0 Å². The van der Waals surface area contributed by atoms with Crippen LogP contribution in [0.3, 0.4) is 0 Å². The number of anilines is 1. The number of carbonyl (C=O) groups excluding carboxylic acids is 3. The number of aliphatic carboxylic acids is 3. The lowest BCUT2D eigenvalue weighted by Crippen LogP contribution is -2.62. The first-order chi connectivity index (χ1) is 23.1. The minimum atomic E-state index is -5.08. The fraction of sp³-hybridized carbons (Fsp3) is 0.391. The fourth-order valence-electron chi connectivity index (χ4n) is 3.54. The van der Waals surface area contributed by atoms with Crippen molar-refractivity contribution in [3.05, 3.63) is 34.0 Å². The van der Waals surface area contributed by atoms with Crippen molar-refractivity contribution in [1.29, 1.82) is 0 Å². The molecular weight excluding hydrogens is 760 g/mol. The number of nitrogen functional groups attached to an aromatic ring is 1. The maximum absolute atomic E-state index is 12.5. The number of nitrogens with two attached hydrogens (primary N) is 3. The molecule has 2 amide bonds. The number of carboxylic acid groups (broad SMARTS) is 3. The summed E-state index contributed by atoms with van der Waals surface area (Å²) in [5.74, 6) is -8.74. The third kappa shape index (κ3) is 11.4. The molecule has 2 unspecified atom stereocenters. The molecule has 18 nitrogen and oxygen atoms in total. The molecule has 1 fully saturated rings. The molecule has 0 bridgehead atoms. The quantitative estimate of drug-likeness (QED) is 0.0614. The monoisotopic (exact) mass is 783 g/mol. The van der Waals surface area contributed by atoms with Crippen molar-refractivity contribution in [2.24, 2.45) is 22.5 Å². The number of hydrogen-bond donors (Lipinski definition) is 6. The lowest BCUT2D eigenvalue weighted by molar-refractivity contribution is -0.193. The van der Waals surface area contributed by atoms with Gasteiger partial charge in [0.05, 0.1) is 11.1 Å². The lowest BCUT2D eigenvalue weighted by Gasteiger charge is -2.47. The van der Waals surface area contributed by atoms with E-state index in [1.54, 1.807) is 5.41 Å². The second kappa shape index (κ2) is 17.3. The van der Waals surface area contributed by atoms with Gasteiger partial charge in [-0.1, -0.05) is 16.9 Å². The number of alkyl halides is 6. The first kappa shape index (κ1) is 41.4. The minimum Gasteiger partial charge on any atom is -0.477 e. The van der Waals surface area contributed by atoms with Crippen LogP contribution in [0.5, 0.6) is 0 Å². The second-order valence-corrected chi connectivity index (χ2v) is 12.2. The third-order valence-electron chi connectivity index (χ3n) is 5.77. The van der Waals surface area contributed by atoms with Crippen molar-refractivity contribution in [3.63, 3.8) is 0 Å². The number of nitrogens with zero attached hydrogens (tertiary/aromatic N) is 4. The number of ether oxygens (including phenoxy) is 1. The number of primary amides is 1. The number of β-lactam (4-membered cyclic amide) rings is 1.